The molecule has 0 radical (unpaired) electrons. The summed E-state index contributed by atoms with van der Waals surface area (Å²) >= 11 is 0. The van der Waals surface area contributed by atoms with Crippen molar-refractivity contribution in [1.82, 2.24) is 4.90 Å². The fourth-order valence-corrected chi connectivity index (χ4v) is 5.88. The number of benzene rings is 1. The molecule has 0 saturated carbocycles. The molecule has 162 valence electrons. The van der Waals surface area contributed by atoms with Gasteiger partial charge in [0.15, 0.2) is 0 Å². The molecule has 4 aliphatic heterocycles. The van der Waals surface area contributed by atoms with E-state index in [0.29, 0.717) is 25.1 Å². The quantitative estimate of drug-likeness (QED) is 0.686. The van der Waals surface area contributed by atoms with E-state index in [9.17, 15) is 4.79 Å². The van der Waals surface area contributed by atoms with Gasteiger partial charge in [-0.2, -0.15) is 0 Å². The van der Waals surface area contributed by atoms with Crippen molar-refractivity contribution in [3.05, 3.63) is 29.8 Å². The zero-order valence-electron chi connectivity index (χ0n) is 17.8. The minimum atomic E-state index is 0.285. The second kappa shape index (κ2) is 8.96. The molecule has 1 amide bonds. The Hall–Kier alpha value is -2.08. The van der Waals surface area contributed by atoms with Crippen LogP contribution < -0.4 is 4.90 Å². The molecular weight excluding hydrogens is 378 g/mol. The third-order valence-electron chi connectivity index (χ3n) is 7.34. The first-order valence-electron chi connectivity index (χ1n) is 11.7. The minimum Gasteiger partial charge on any atom is -0.479 e. The third-order valence-corrected chi connectivity index (χ3v) is 7.34. The van der Waals surface area contributed by atoms with Gasteiger partial charge < -0.3 is 14.5 Å². The van der Waals surface area contributed by atoms with Crippen LogP contribution in [0.4, 0.5) is 5.69 Å². The van der Waals surface area contributed by atoms with Crippen molar-refractivity contribution in [2.75, 3.05) is 31.2 Å². The lowest BCUT2D eigenvalue weighted by atomic mass is 9.88. The number of rotatable bonds is 7. The molecule has 6 heteroatoms. The lowest BCUT2D eigenvalue weighted by Gasteiger charge is -2.39. The number of carbonyl (C=O) groups is 1. The molecule has 0 spiro atoms. The zero-order valence-corrected chi connectivity index (χ0v) is 17.8. The summed E-state index contributed by atoms with van der Waals surface area (Å²) in [5.74, 6) is 1.81. The van der Waals surface area contributed by atoms with Crippen LogP contribution in [0, 0.1) is 5.92 Å². The number of anilines is 1. The number of nitrogens with zero attached hydrogens (tertiary/aromatic N) is 3. The van der Waals surface area contributed by atoms with Gasteiger partial charge in [-0.1, -0.05) is 23.4 Å². The Morgan fingerprint density at radius 1 is 1.07 bits per heavy atom. The highest BCUT2D eigenvalue weighted by Crippen LogP contribution is 2.40. The second-order valence-electron chi connectivity index (χ2n) is 9.19. The number of oxime groups is 1. The van der Waals surface area contributed by atoms with Crippen molar-refractivity contribution >= 4 is 17.5 Å². The highest BCUT2D eigenvalue weighted by Gasteiger charge is 2.40. The fourth-order valence-electron chi connectivity index (χ4n) is 5.88. The Morgan fingerprint density at radius 2 is 1.90 bits per heavy atom. The smallest absolute Gasteiger partial charge is 0.229 e. The molecule has 1 aromatic rings. The SMILES string of the molecule is O=C1CCc2ccccc2N1CCCN1C2CCC1CC(CCOC1=NOCC1)C2. The molecule has 2 saturated heterocycles. The highest BCUT2D eigenvalue weighted by atomic mass is 16.7. The lowest BCUT2D eigenvalue weighted by Crippen LogP contribution is -2.45. The van der Waals surface area contributed by atoms with Gasteiger partial charge in [-0.15, -0.1) is 0 Å². The predicted octanol–water partition coefficient (Wildman–Crippen LogP) is 3.74. The summed E-state index contributed by atoms with van der Waals surface area (Å²) in [7, 11) is 0. The molecule has 0 N–H and O–H groups in total. The van der Waals surface area contributed by atoms with Crippen molar-refractivity contribution in [3.63, 3.8) is 0 Å². The van der Waals surface area contributed by atoms with Crippen LogP contribution >= 0.6 is 0 Å². The van der Waals surface area contributed by atoms with Crippen LogP contribution in [-0.4, -0.2) is 55.1 Å². The maximum absolute atomic E-state index is 12.5. The molecule has 0 aromatic heterocycles. The number of amides is 1. The van der Waals surface area contributed by atoms with Crippen LogP contribution in [0.1, 0.15) is 56.9 Å². The van der Waals surface area contributed by atoms with Gasteiger partial charge in [0, 0.05) is 37.3 Å². The van der Waals surface area contributed by atoms with E-state index >= 15 is 0 Å². The van der Waals surface area contributed by atoms with E-state index < -0.39 is 0 Å². The van der Waals surface area contributed by atoms with Crippen molar-refractivity contribution in [3.8, 4) is 0 Å². The van der Waals surface area contributed by atoms with Crippen LogP contribution in [0.25, 0.3) is 0 Å². The molecule has 5 rings (SSSR count). The van der Waals surface area contributed by atoms with E-state index in [2.05, 4.69) is 28.3 Å². The van der Waals surface area contributed by atoms with E-state index in [1.54, 1.807) is 0 Å². The summed E-state index contributed by atoms with van der Waals surface area (Å²) in [6.07, 6.45) is 9.75. The number of ether oxygens (including phenoxy) is 1. The topological polar surface area (TPSA) is 54.4 Å². The normalized spacial score (nSPS) is 28.3. The van der Waals surface area contributed by atoms with Gasteiger partial charge >= 0.3 is 0 Å². The summed E-state index contributed by atoms with van der Waals surface area (Å²) in [4.78, 5) is 22.3. The Labute approximate surface area is 179 Å². The average Bonchev–Trinajstić information content (AvgIpc) is 3.35. The minimum absolute atomic E-state index is 0.285. The number of para-hydroxylation sites is 1. The molecular formula is C24H33N3O3. The van der Waals surface area contributed by atoms with Crippen molar-refractivity contribution in [1.29, 1.82) is 0 Å². The predicted molar refractivity (Wildman–Crippen MR) is 117 cm³/mol. The Morgan fingerprint density at radius 3 is 2.70 bits per heavy atom. The van der Waals surface area contributed by atoms with Crippen LogP contribution in [0.5, 0.6) is 0 Å². The molecule has 4 heterocycles. The third kappa shape index (κ3) is 4.20. The molecule has 2 fully saturated rings. The summed E-state index contributed by atoms with van der Waals surface area (Å²) in [5, 5.41) is 3.92. The Kier molecular flexibility index (Phi) is 5.93. The highest BCUT2D eigenvalue weighted by molar-refractivity contribution is 5.96. The number of hydrogen-bond donors (Lipinski definition) is 0. The van der Waals surface area contributed by atoms with Gasteiger partial charge in [-0.05, 0) is 62.5 Å². The molecule has 6 nitrogen and oxygen atoms in total. The molecule has 2 bridgehead atoms. The first-order valence-corrected chi connectivity index (χ1v) is 11.7. The zero-order chi connectivity index (χ0) is 20.3. The van der Waals surface area contributed by atoms with Crippen molar-refractivity contribution in [2.45, 2.75) is 69.9 Å². The van der Waals surface area contributed by atoms with E-state index in [0.717, 1.165) is 62.9 Å². The lowest BCUT2D eigenvalue weighted by molar-refractivity contribution is -0.118. The fraction of sp³-hybridized carbons (Fsp3) is 0.667. The second-order valence-corrected chi connectivity index (χ2v) is 9.19. The van der Waals surface area contributed by atoms with E-state index in [-0.39, 0.29) is 5.91 Å². The maximum atomic E-state index is 12.5. The molecule has 0 aliphatic carbocycles. The molecule has 30 heavy (non-hydrogen) atoms. The van der Waals surface area contributed by atoms with E-state index in [4.69, 9.17) is 9.57 Å². The van der Waals surface area contributed by atoms with Crippen LogP contribution in [0.3, 0.4) is 0 Å². The van der Waals surface area contributed by atoms with Gasteiger partial charge in [0.2, 0.25) is 11.8 Å². The van der Waals surface area contributed by atoms with Crippen molar-refractivity contribution in [2.24, 2.45) is 11.1 Å². The van der Waals surface area contributed by atoms with Crippen LogP contribution in [-0.2, 0) is 20.8 Å². The molecule has 1 aromatic carbocycles. The first-order chi connectivity index (χ1) is 14.8. The average molecular weight is 412 g/mol. The van der Waals surface area contributed by atoms with Gasteiger partial charge in [0.1, 0.15) is 6.61 Å². The van der Waals surface area contributed by atoms with Gasteiger partial charge in [-0.3, -0.25) is 9.69 Å². The summed E-state index contributed by atoms with van der Waals surface area (Å²) in [6.45, 7) is 3.38. The van der Waals surface area contributed by atoms with Gasteiger partial charge in [0.25, 0.3) is 0 Å². The van der Waals surface area contributed by atoms with Gasteiger partial charge in [-0.25, -0.2) is 0 Å². The number of carbonyl (C=O) groups excluding carboxylic acids is 1. The number of aryl methyl sites for hydroxylation is 1. The summed E-state index contributed by atoms with van der Waals surface area (Å²) in [5.41, 5.74) is 2.45. The first kappa shape index (κ1) is 19.9. The summed E-state index contributed by atoms with van der Waals surface area (Å²) in [6, 6.07) is 9.82. The number of fused-ring (bicyclic) bond motifs is 3. The summed E-state index contributed by atoms with van der Waals surface area (Å²) < 4.78 is 5.77. The maximum Gasteiger partial charge on any atom is 0.229 e. The van der Waals surface area contributed by atoms with E-state index in [1.165, 1.54) is 31.2 Å². The number of piperidine rings is 1. The van der Waals surface area contributed by atoms with Gasteiger partial charge in [0.05, 0.1) is 13.0 Å². The Bertz CT molecular complexity index is 782. The molecule has 4 aliphatic rings. The Balaban J connectivity index is 1.09. The van der Waals surface area contributed by atoms with Crippen LogP contribution in [0.15, 0.2) is 29.4 Å². The molecule has 2 unspecified atom stereocenters. The number of hydrogen-bond acceptors (Lipinski definition) is 5. The van der Waals surface area contributed by atoms with Crippen LogP contribution in [0.2, 0.25) is 0 Å². The standard InChI is InChI=1S/C24H33N3O3/c28-24-9-6-19-4-1-2-5-22(19)27(24)13-3-12-26-20-7-8-21(26)17-18(16-20)10-14-29-23-11-15-30-25-23/h1-2,4-5,18,20-21H,3,6-17H2. The monoisotopic (exact) mass is 411 g/mol. The van der Waals surface area contributed by atoms with E-state index in [1.807, 2.05) is 11.0 Å². The largest absolute Gasteiger partial charge is 0.479 e. The van der Waals surface area contributed by atoms with Crippen molar-refractivity contribution < 1.29 is 14.4 Å². The molecule has 2 atom stereocenters.